The van der Waals surface area contributed by atoms with Crippen LogP contribution in [-0.2, 0) is 6.42 Å². The predicted octanol–water partition coefficient (Wildman–Crippen LogP) is 3.87. The van der Waals surface area contributed by atoms with E-state index in [1.165, 1.54) is 43.6 Å². The summed E-state index contributed by atoms with van der Waals surface area (Å²) in [7, 11) is 0. The maximum Gasteiger partial charge on any atom is 0.202 e. The number of unbranched alkanes of at least 4 members (excludes halogenated alkanes) is 3. The Labute approximate surface area is 103 Å². The van der Waals surface area contributed by atoms with Crippen LogP contribution in [0.4, 0.5) is 5.13 Å². The summed E-state index contributed by atoms with van der Waals surface area (Å²) < 4.78 is 4.27. The smallest absolute Gasteiger partial charge is 0.202 e. The van der Waals surface area contributed by atoms with Gasteiger partial charge in [-0.3, -0.25) is 0 Å². The van der Waals surface area contributed by atoms with Gasteiger partial charge in [0.05, 0.1) is 0 Å². The van der Waals surface area contributed by atoms with Gasteiger partial charge in [0.1, 0.15) is 5.82 Å². The summed E-state index contributed by atoms with van der Waals surface area (Å²) in [5.74, 6) is 0.950. The largest absolute Gasteiger partial charge is 0.358 e. The van der Waals surface area contributed by atoms with Crippen molar-refractivity contribution in [3.05, 3.63) is 5.82 Å². The number of nitrogens with zero attached hydrogens (tertiary/aromatic N) is 2. The number of aryl methyl sites for hydroxylation is 1. The van der Waals surface area contributed by atoms with Gasteiger partial charge in [0.15, 0.2) is 0 Å². The van der Waals surface area contributed by atoms with Crippen LogP contribution in [0.25, 0.3) is 0 Å². The van der Waals surface area contributed by atoms with Crippen molar-refractivity contribution in [2.45, 2.75) is 65.3 Å². The number of hydrogen-bond acceptors (Lipinski definition) is 4. The van der Waals surface area contributed by atoms with Gasteiger partial charge < -0.3 is 5.32 Å². The summed E-state index contributed by atoms with van der Waals surface area (Å²) in [6.07, 6.45) is 7.45. The summed E-state index contributed by atoms with van der Waals surface area (Å²) in [5.41, 5.74) is 0. The molecule has 0 saturated carbocycles. The van der Waals surface area contributed by atoms with Gasteiger partial charge in [0.2, 0.25) is 5.13 Å². The zero-order valence-corrected chi connectivity index (χ0v) is 11.4. The Morgan fingerprint density at radius 2 is 2.06 bits per heavy atom. The van der Waals surface area contributed by atoms with E-state index < -0.39 is 0 Å². The molecular formula is C12H23N3S. The summed E-state index contributed by atoms with van der Waals surface area (Å²) in [4.78, 5) is 4.41. The van der Waals surface area contributed by atoms with E-state index in [4.69, 9.17) is 0 Å². The van der Waals surface area contributed by atoms with Crippen molar-refractivity contribution in [2.24, 2.45) is 0 Å². The minimum absolute atomic E-state index is 0.509. The Kier molecular flexibility index (Phi) is 6.38. The molecule has 1 rings (SSSR count). The first-order valence-corrected chi connectivity index (χ1v) is 7.12. The average molecular weight is 241 g/mol. The minimum Gasteiger partial charge on any atom is -0.358 e. The second-order valence-corrected chi connectivity index (χ2v) is 5.02. The maximum atomic E-state index is 4.41. The molecule has 0 fully saturated rings. The molecule has 1 unspecified atom stereocenters. The Morgan fingerprint density at radius 1 is 1.25 bits per heavy atom. The summed E-state index contributed by atoms with van der Waals surface area (Å²) >= 11 is 1.47. The van der Waals surface area contributed by atoms with E-state index in [-0.39, 0.29) is 0 Å². The van der Waals surface area contributed by atoms with Crippen molar-refractivity contribution in [2.75, 3.05) is 5.32 Å². The van der Waals surface area contributed by atoms with E-state index in [0.717, 1.165) is 17.4 Å². The van der Waals surface area contributed by atoms with Crippen molar-refractivity contribution < 1.29 is 0 Å². The highest BCUT2D eigenvalue weighted by Gasteiger charge is 2.06. The molecule has 0 aliphatic rings. The maximum absolute atomic E-state index is 4.41. The van der Waals surface area contributed by atoms with Crippen LogP contribution < -0.4 is 5.32 Å². The number of rotatable bonds is 8. The number of anilines is 1. The molecule has 0 saturated heterocycles. The molecule has 0 spiro atoms. The quantitative estimate of drug-likeness (QED) is 0.702. The first kappa shape index (κ1) is 13.4. The molecule has 1 aromatic heterocycles. The van der Waals surface area contributed by atoms with E-state index >= 15 is 0 Å². The third-order valence-corrected chi connectivity index (χ3v) is 3.33. The van der Waals surface area contributed by atoms with Gasteiger partial charge in [-0.25, -0.2) is 4.98 Å². The third kappa shape index (κ3) is 4.92. The van der Waals surface area contributed by atoms with Gasteiger partial charge in [0.25, 0.3) is 0 Å². The average Bonchev–Trinajstić information content (AvgIpc) is 2.72. The van der Waals surface area contributed by atoms with Gasteiger partial charge in [-0.15, -0.1) is 0 Å². The molecule has 1 aromatic rings. The highest BCUT2D eigenvalue weighted by molar-refractivity contribution is 7.09. The Bertz CT molecular complexity index is 286. The Morgan fingerprint density at radius 3 is 2.69 bits per heavy atom. The highest BCUT2D eigenvalue weighted by atomic mass is 32.1. The molecule has 0 bridgehead atoms. The molecule has 0 aliphatic heterocycles. The molecule has 0 amide bonds. The first-order valence-electron chi connectivity index (χ1n) is 6.35. The monoisotopic (exact) mass is 241 g/mol. The molecule has 1 atom stereocenters. The lowest BCUT2D eigenvalue weighted by Gasteiger charge is -2.11. The lowest BCUT2D eigenvalue weighted by molar-refractivity contribution is 0.593. The Hall–Kier alpha value is -0.640. The summed E-state index contributed by atoms with van der Waals surface area (Å²) in [6, 6.07) is 0.509. The van der Waals surface area contributed by atoms with Crippen LogP contribution in [0.3, 0.4) is 0 Å². The van der Waals surface area contributed by atoms with Crippen molar-refractivity contribution >= 4 is 16.7 Å². The van der Waals surface area contributed by atoms with Gasteiger partial charge in [-0.1, -0.05) is 39.5 Å². The molecule has 1 N–H and O–H groups in total. The van der Waals surface area contributed by atoms with Gasteiger partial charge in [-0.2, -0.15) is 4.37 Å². The number of nitrogens with one attached hydrogen (secondary N) is 1. The Balaban J connectivity index is 2.20. The molecule has 0 aromatic carbocycles. The third-order valence-electron chi connectivity index (χ3n) is 2.64. The molecule has 0 aliphatic carbocycles. The fourth-order valence-corrected chi connectivity index (χ4v) is 2.38. The van der Waals surface area contributed by atoms with E-state index in [0.29, 0.717) is 6.04 Å². The molecule has 0 radical (unpaired) electrons. The normalized spacial score (nSPS) is 12.7. The topological polar surface area (TPSA) is 37.8 Å². The van der Waals surface area contributed by atoms with Crippen LogP contribution >= 0.6 is 11.5 Å². The lowest BCUT2D eigenvalue weighted by atomic mass is 10.1. The van der Waals surface area contributed by atoms with E-state index in [2.05, 4.69) is 35.4 Å². The molecular weight excluding hydrogens is 218 g/mol. The van der Waals surface area contributed by atoms with Crippen LogP contribution in [0.5, 0.6) is 0 Å². The summed E-state index contributed by atoms with van der Waals surface area (Å²) in [6.45, 7) is 6.55. The van der Waals surface area contributed by atoms with Crippen molar-refractivity contribution in [3.8, 4) is 0 Å². The summed E-state index contributed by atoms with van der Waals surface area (Å²) in [5, 5.41) is 4.39. The van der Waals surface area contributed by atoms with E-state index in [1.807, 2.05) is 0 Å². The fraction of sp³-hybridized carbons (Fsp3) is 0.833. The fourth-order valence-electron chi connectivity index (χ4n) is 1.62. The van der Waals surface area contributed by atoms with Crippen LogP contribution in [0, 0.1) is 0 Å². The molecule has 92 valence electrons. The highest BCUT2D eigenvalue weighted by Crippen LogP contribution is 2.15. The van der Waals surface area contributed by atoms with Crippen molar-refractivity contribution in [1.82, 2.24) is 9.36 Å². The predicted molar refractivity (Wildman–Crippen MR) is 71.1 cm³/mol. The SMILES string of the molecule is CCCCCCC(C)Nc1nc(CC)ns1. The second kappa shape index (κ2) is 7.60. The van der Waals surface area contributed by atoms with Crippen molar-refractivity contribution in [1.29, 1.82) is 0 Å². The van der Waals surface area contributed by atoms with Crippen LogP contribution in [0.2, 0.25) is 0 Å². The number of aromatic nitrogens is 2. The lowest BCUT2D eigenvalue weighted by Crippen LogP contribution is -2.14. The second-order valence-electron chi connectivity index (χ2n) is 4.26. The molecule has 16 heavy (non-hydrogen) atoms. The van der Waals surface area contributed by atoms with Gasteiger partial charge in [-0.05, 0) is 13.3 Å². The van der Waals surface area contributed by atoms with Crippen LogP contribution in [0.15, 0.2) is 0 Å². The van der Waals surface area contributed by atoms with E-state index in [9.17, 15) is 0 Å². The zero-order valence-electron chi connectivity index (χ0n) is 10.6. The first-order chi connectivity index (χ1) is 7.76. The standard InChI is InChI=1S/C12H23N3S/c1-4-6-7-8-9-10(3)13-12-14-11(5-2)15-16-12/h10H,4-9H2,1-3H3,(H,13,14,15). The van der Waals surface area contributed by atoms with Crippen molar-refractivity contribution in [3.63, 3.8) is 0 Å². The van der Waals surface area contributed by atoms with E-state index in [1.54, 1.807) is 0 Å². The molecule has 3 nitrogen and oxygen atoms in total. The van der Waals surface area contributed by atoms with Gasteiger partial charge in [0, 0.05) is 24.0 Å². The van der Waals surface area contributed by atoms with Gasteiger partial charge >= 0.3 is 0 Å². The van der Waals surface area contributed by atoms with Crippen LogP contribution in [0.1, 0.15) is 58.7 Å². The zero-order chi connectivity index (χ0) is 11.8. The minimum atomic E-state index is 0.509. The number of hydrogen-bond donors (Lipinski definition) is 1. The molecule has 4 heteroatoms. The molecule has 1 heterocycles. The van der Waals surface area contributed by atoms with Crippen LogP contribution in [-0.4, -0.2) is 15.4 Å².